The van der Waals surface area contributed by atoms with Crippen LogP contribution in [0.4, 0.5) is 19.0 Å². The molecular weight excluding hydrogens is 326 g/mol. The molecule has 1 aromatic heterocycles. The minimum atomic E-state index is -4.49. The molecule has 0 fully saturated rings. The molecule has 1 aromatic carbocycles. The highest BCUT2D eigenvalue weighted by Crippen LogP contribution is 2.32. The third kappa shape index (κ3) is 4.34. The maximum absolute atomic E-state index is 12.4. The van der Waals surface area contributed by atoms with Crippen molar-refractivity contribution < 1.29 is 13.2 Å². The molecule has 0 aliphatic carbocycles. The van der Waals surface area contributed by atoms with E-state index in [0.29, 0.717) is 11.2 Å². The van der Waals surface area contributed by atoms with E-state index in [9.17, 15) is 13.2 Å². The fourth-order valence-corrected chi connectivity index (χ4v) is 1.84. The zero-order valence-electron chi connectivity index (χ0n) is 10.3. The van der Waals surface area contributed by atoms with Gasteiger partial charge in [0.25, 0.3) is 0 Å². The fourth-order valence-electron chi connectivity index (χ4n) is 1.43. The molecule has 0 spiro atoms. The molecule has 1 heterocycles. The maximum atomic E-state index is 12.4. The molecular formula is C13H8Cl2F3N3. The number of anilines is 1. The monoisotopic (exact) mass is 333 g/mol. The molecule has 0 saturated carbocycles. The van der Waals surface area contributed by atoms with Crippen molar-refractivity contribution in [2.45, 2.75) is 6.18 Å². The van der Waals surface area contributed by atoms with Crippen LogP contribution in [0.2, 0.25) is 10.0 Å². The molecule has 1 N–H and O–H groups in total. The zero-order valence-corrected chi connectivity index (χ0v) is 11.8. The average molecular weight is 334 g/mol. The van der Waals surface area contributed by atoms with Crippen molar-refractivity contribution in [1.29, 1.82) is 0 Å². The van der Waals surface area contributed by atoms with Crippen LogP contribution in [0.5, 0.6) is 0 Å². The first-order chi connectivity index (χ1) is 9.86. The predicted octanol–water partition coefficient (Wildman–Crippen LogP) is 4.85. The molecule has 2 aromatic rings. The maximum Gasteiger partial charge on any atom is 0.417 e. The summed E-state index contributed by atoms with van der Waals surface area (Å²) in [5, 5.41) is 4.22. The summed E-state index contributed by atoms with van der Waals surface area (Å²) in [7, 11) is 0. The Hall–Kier alpha value is -1.79. The van der Waals surface area contributed by atoms with Gasteiger partial charge >= 0.3 is 6.18 Å². The number of benzene rings is 1. The van der Waals surface area contributed by atoms with Crippen molar-refractivity contribution in [3.8, 4) is 0 Å². The Bertz CT molecular complexity index is 672. The molecule has 0 atom stereocenters. The van der Waals surface area contributed by atoms with Crippen LogP contribution < -0.4 is 5.43 Å². The summed E-state index contributed by atoms with van der Waals surface area (Å²) in [6.45, 7) is 0. The van der Waals surface area contributed by atoms with Gasteiger partial charge in [-0.15, -0.1) is 0 Å². The van der Waals surface area contributed by atoms with Gasteiger partial charge in [0.15, 0.2) is 5.82 Å². The standard InChI is InChI=1S/C13H8Cl2F3N3/c14-10-3-1-2-8(4-10)6-20-21-12-11(15)5-9(7-19-12)13(16,17)18/h1-7H,(H,19,21)/b20-6+. The van der Waals surface area contributed by atoms with E-state index in [1.165, 1.54) is 6.21 Å². The second-order valence-corrected chi connectivity index (χ2v) is 4.82. The summed E-state index contributed by atoms with van der Waals surface area (Å²) in [6, 6.07) is 7.67. The summed E-state index contributed by atoms with van der Waals surface area (Å²) in [6.07, 6.45) is -2.36. The molecule has 3 nitrogen and oxygen atoms in total. The highest BCUT2D eigenvalue weighted by atomic mass is 35.5. The molecule has 0 unspecified atom stereocenters. The Morgan fingerprint density at radius 2 is 1.95 bits per heavy atom. The fraction of sp³-hybridized carbons (Fsp3) is 0.0769. The van der Waals surface area contributed by atoms with Gasteiger partial charge in [-0.1, -0.05) is 35.3 Å². The van der Waals surface area contributed by atoms with Crippen LogP contribution in [0.3, 0.4) is 0 Å². The summed E-state index contributed by atoms with van der Waals surface area (Å²) in [5.74, 6) is 0.0305. The van der Waals surface area contributed by atoms with E-state index in [0.717, 1.165) is 11.6 Å². The zero-order chi connectivity index (χ0) is 15.5. The number of hydrogen-bond donors (Lipinski definition) is 1. The van der Waals surface area contributed by atoms with Crippen LogP contribution in [-0.2, 0) is 6.18 Å². The Kier molecular flexibility index (Phi) is 4.69. The Morgan fingerprint density at radius 3 is 2.57 bits per heavy atom. The van der Waals surface area contributed by atoms with Crippen LogP contribution in [0.15, 0.2) is 41.6 Å². The number of hydrogen-bond acceptors (Lipinski definition) is 3. The van der Waals surface area contributed by atoms with Gasteiger partial charge in [-0.25, -0.2) is 4.98 Å². The minimum Gasteiger partial charge on any atom is -0.260 e. The van der Waals surface area contributed by atoms with Gasteiger partial charge in [0.1, 0.15) is 0 Å². The Morgan fingerprint density at radius 1 is 1.19 bits per heavy atom. The van der Waals surface area contributed by atoms with E-state index < -0.39 is 11.7 Å². The van der Waals surface area contributed by atoms with Gasteiger partial charge in [0.05, 0.1) is 16.8 Å². The van der Waals surface area contributed by atoms with Gasteiger partial charge in [0, 0.05) is 11.2 Å². The number of nitrogens with one attached hydrogen (secondary N) is 1. The molecule has 0 radical (unpaired) electrons. The smallest absolute Gasteiger partial charge is 0.260 e. The molecule has 0 bridgehead atoms. The van der Waals surface area contributed by atoms with Gasteiger partial charge < -0.3 is 0 Å². The van der Waals surface area contributed by atoms with Crippen LogP contribution in [0, 0.1) is 0 Å². The second-order valence-electron chi connectivity index (χ2n) is 3.98. The highest BCUT2D eigenvalue weighted by molar-refractivity contribution is 6.33. The number of alkyl halides is 3. The molecule has 0 amide bonds. The van der Waals surface area contributed by atoms with Gasteiger partial charge in [-0.05, 0) is 23.8 Å². The number of aromatic nitrogens is 1. The topological polar surface area (TPSA) is 37.3 Å². The first-order valence-corrected chi connectivity index (χ1v) is 6.39. The summed E-state index contributed by atoms with van der Waals surface area (Å²) < 4.78 is 37.3. The SMILES string of the molecule is FC(F)(F)c1cnc(N/N=C/c2cccc(Cl)c2)c(Cl)c1. The van der Waals surface area contributed by atoms with E-state index in [-0.39, 0.29) is 10.8 Å². The molecule has 110 valence electrons. The molecule has 0 aliphatic heterocycles. The molecule has 0 saturated heterocycles. The average Bonchev–Trinajstić information content (AvgIpc) is 2.39. The highest BCUT2D eigenvalue weighted by Gasteiger charge is 2.31. The first kappa shape index (κ1) is 15.6. The quantitative estimate of drug-likeness (QED) is 0.643. The lowest BCUT2D eigenvalue weighted by Crippen LogP contribution is -2.06. The Labute approximate surface area is 128 Å². The molecule has 0 aliphatic rings. The normalized spacial score (nSPS) is 11.9. The number of rotatable bonds is 3. The molecule has 8 heteroatoms. The Balaban J connectivity index is 2.10. The van der Waals surface area contributed by atoms with Crippen LogP contribution >= 0.6 is 23.2 Å². The van der Waals surface area contributed by atoms with Crippen molar-refractivity contribution in [2.24, 2.45) is 5.10 Å². The van der Waals surface area contributed by atoms with Crippen molar-refractivity contribution in [1.82, 2.24) is 4.98 Å². The molecule has 2 rings (SSSR count). The van der Waals surface area contributed by atoms with Crippen molar-refractivity contribution in [3.05, 3.63) is 57.7 Å². The second kappa shape index (κ2) is 6.32. The number of hydrazone groups is 1. The van der Waals surface area contributed by atoms with Crippen molar-refractivity contribution in [3.63, 3.8) is 0 Å². The summed E-state index contributed by atoms with van der Waals surface area (Å²) in [5.41, 5.74) is 2.28. The predicted molar refractivity (Wildman–Crippen MR) is 76.9 cm³/mol. The van der Waals surface area contributed by atoms with Gasteiger partial charge in [0.2, 0.25) is 0 Å². The van der Waals surface area contributed by atoms with Crippen LogP contribution in [0.1, 0.15) is 11.1 Å². The van der Waals surface area contributed by atoms with Gasteiger partial charge in [-0.3, -0.25) is 5.43 Å². The van der Waals surface area contributed by atoms with E-state index in [2.05, 4.69) is 15.5 Å². The summed E-state index contributed by atoms with van der Waals surface area (Å²) in [4.78, 5) is 3.59. The van der Waals surface area contributed by atoms with E-state index >= 15 is 0 Å². The van der Waals surface area contributed by atoms with Gasteiger partial charge in [-0.2, -0.15) is 18.3 Å². The van der Waals surface area contributed by atoms with E-state index in [1.54, 1.807) is 24.3 Å². The van der Waals surface area contributed by atoms with Crippen molar-refractivity contribution in [2.75, 3.05) is 5.43 Å². The van der Waals surface area contributed by atoms with Crippen LogP contribution in [0.25, 0.3) is 0 Å². The van der Waals surface area contributed by atoms with E-state index in [1.807, 2.05) is 0 Å². The minimum absolute atomic E-state index is 0.0305. The number of nitrogens with zero attached hydrogens (tertiary/aromatic N) is 2. The summed E-state index contributed by atoms with van der Waals surface area (Å²) >= 11 is 11.5. The number of halogens is 5. The lowest BCUT2D eigenvalue weighted by molar-refractivity contribution is -0.137. The molecule has 21 heavy (non-hydrogen) atoms. The lowest BCUT2D eigenvalue weighted by Gasteiger charge is -2.08. The largest absolute Gasteiger partial charge is 0.417 e. The third-order valence-electron chi connectivity index (χ3n) is 2.40. The lowest BCUT2D eigenvalue weighted by atomic mass is 10.2. The van der Waals surface area contributed by atoms with Crippen LogP contribution in [-0.4, -0.2) is 11.2 Å². The number of pyridine rings is 1. The van der Waals surface area contributed by atoms with E-state index in [4.69, 9.17) is 23.2 Å². The first-order valence-electron chi connectivity index (χ1n) is 5.63. The van der Waals surface area contributed by atoms with Crippen molar-refractivity contribution >= 4 is 35.2 Å². The third-order valence-corrected chi connectivity index (χ3v) is 2.92.